The van der Waals surface area contributed by atoms with E-state index in [1.165, 1.54) is 12.3 Å². The fraction of sp³-hybridized carbons (Fsp3) is 0. The molecule has 0 fully saturated rings. The molecule has 2 heteroatoms. The van der Waals surface area contributed by atoms with Crippen molar-refractivity contribution in [2.24, 2.45) is 0 Å². The monoisotopic (exact) mass is 110 g/mol. The van der Waals surface area contributed by atoms with Crippen LogP contribution in [0.2, 0.25) is 0 Å². The average molecular weight is 110 g/mol. The lowest BCUT2D eigenvalue weighted by Gasteiger charge is -1.90. The highest BCUT2D eigenvalue weighted by Crippen LogP contribution is 1.97. The van der Waals surface area contributed by atoms with Crippen LogP contribution >= 0.6 is 0 Å². The predicted molar refractivity (Wildman–Crippen MR) is 30.1 cm³/mol. The number of hydrogen-bond acceptors (Lipinski definition) is 2. The average Bonchev–Trinajstić information content (AvgIpc) is 1.94. The maximum absolute atomic E-state index is 8.63. The Morgan fingerprint density at radius 1 is 1.25 bits per heavy atom. The van der Waals surface area contributed by atoms with E-state index in [-0.39, 0.29) is 5.95 Å². The van der Waals surface area contributed by atoms with Crippen molar-refractivity contribution in [3.8, 4) is 0 Å². The minimum Gasteiger partial charge on any atom is -0.481 e. The molecule has 8 heavy (non-hydrogen) atoms. The Labute approximate surface area is 47.4 Å². The molecule has 0 saturated carbocycles. The van der Waals surface area contributed by atoms with E-state index >= 15 is 0 Å². The number of ether oxygens (including phenoxy) is 1. The summed E-state index contributed by atoms with van der Waals surface area (Å²) in [4.78, 5) is 0. The van der Waals surface area contributed by atoms with Crippen LogP contribution in [0.1, 0.15) is 0 Å². The Hall–Kier alpha value is -1.18. The first-order valence-electron chi connectivity index (χ1n) is 2.29. The highest BCUT2D eigenvalue weighted by molar-refractivity contribution is 5.13. The topological polar surface area (TPSA) is 29.5 Å². The van der Waals surface area contributed by atoms with E-state index < -0.39 is 0 Å². The van der Waals surface area contributed by atoms with Gasteiger partial charge in [-0.2, -0.15) is 0 Å². The standard InChI is InChI=1S/C6H6O2/c7-6-4-2-1-3-5-8-6/h1-5,7H. The van der Waals surface area contributed by atoms with Gasteiger partial charge in [0.1, 0.15) is 0 Å². The summed E-state index contributed by atoms with van der Waals surface area (Å²) in [6.07, 6.45) is 8.04. The molecular formula is C6H6O2. The van der Waals surface area contributed by atoms with Crippen molar-refractivity contribution < 1.29 is 9.84 Å². The van der Waals surface area contributed by atoms with Crippen molar-refractivity contribution in [3.05, 3.63) is 36.5 Å². The quantitative estimate of drug-likeness (QED) is 0.511. The van der Waals surface area contributed by atoms with E-state index in [0.717, 1.165) is 0 Å². The first kappa shape index (κ1) is 4.97. The maximum atomic E-state index is 8.63. The lowest BCUT2D eigenvalue weighted by Crippen LogP contribution is -1.77. The molecule has 0 spiro atoms. The SMILES string of the molecule is OC1=CC=CC=CO1. The zero-order chi connectivity index (χ0) is 5.82. The van der Waals surface area contributed by atoms with Gasteiger partial charge in [0.15, 0.2) is 0 Å². The van der Waals surface area contributed by atoms with Crippen LogP contribution in [0.15, 0.2) is 36.5 Å². The summed E-state index contributed by atoms with van der Waals surface area (Å²) >= 11 is 0. The highest BCUT2D eigenvalue weighted by Gasteiger charge is 1.86. The van der Waals surface area contributed by atoms with Crippen LogP contribution in [-0.2, 0) is 4.74 Å². The van der Waals surface area contributed by atoms with Crippen molar-refractivity contribution in [2.45, 2.75) is 0 Å². The summed E-state index contributed by atoms with van der Waals surface area (Å²) in [7, 11) is 0. The van der Waals surface area contributed by atoms with Crippen LogP contribution in [-0.4, -0.2) is 5.11 Å². The van der Waals surface area contributed by atoms with Crippen molar-refractivity contribution in [3.63, 3.8) is 0 Å². The summed E-state index contributed by atoms with van der Waals surface area (Å²) in [5.41, 5.74) is 0. The second kappa shape index (κ2) is 2.21. The first-order valence-corrected chi connectivity index (χ1v) is 2.29. The number of aliphatic hydroxyl groups is 1. The Bertz CT molecular complexity index is 154. The molecular weight excluding hydrogens is 104 g/mol. The molecule has 0 radical (unpaired) electrons. The zero-order valence-corrected chi connectivity index (χ0v) is 4.24. The lowest BCUT2D eigenvalue weighted by molar-refractivity contribution is 0.169. The van der Waals surface area contributed by atoms with Crippen LogP contribution in [0, 0.1) is 0 Å². The van der Waals surface area contributed by atoms with Crippen LogP contribution in [0.25, 0.3) is 0 Å². The van der Waals surface area contributed by atoms with Crippen LogP contribution < -0.4 is 0 Å². The van der Waals surface area contributed by atoms with Gasteiger partial charge in [0.05, 0.1) is 6.26 Å². The Balaban J connectivity index is 2.69. The lowest BCUT2D eigenvalue weighted by atomic mass is 10.5. The zero-order valence-electron chi connectivity index (χ0n) is 4.24. The van der Waals surface area contributed by atoms with Gasteiger partial charge in [-0.25, -0.2) is 0 Å². The van der Waals surface area contributed by atoms with Crippen LogP contribution in [0.3, 0.4) is 0 Å². The molecule has 0 saturated heterocycles. The van der Waals surface area contributed by atoms with E-state index in [4.69, 9.17) is 5.11 Å². The summed E-state index contributed by atoms with van der Waals surface area (Å²) < 4.78 is 4.58. The summed E-state index contributed by atoms with van der Waals surface area (Å²) in [6.45, 7) is 0. The molecule has 0 aromatic rings. The van der Waals surface area contributed by atoms with E-state index in [2.05, 4.69) is 4.74 Å². The summed E-state index contributed by atoms with van der Waals surface area (Å²) in [5, 5.41) is 8.63. The normalized spacial score (nSPS) is 16.8. The molecule has 1 N–H and O–H groups in total. The number of allylic oxidation sites excluding steroid dienone is 4. The van der Waals surface area contributed by atoms with Crippen molar-refractivity contribution in [2.75, 3.05) is 0 Å². The molecule has 1 rings (SSSR count). The second-order valence-electron chi connectivity index (χ2n) is 1.34. The molecule has 0 aromatic carbocycles. The molecule has 0 aliphatic carbocycles. The van der Waals surface area contributed by atoms with Gasteiger partial charge in [0, 0.05) is 6.08 Å². The van der Waals surface area contributed by atoms with Gasteiger partial charge in [-0.15, -0.1) is 0 Å². The minimum atomic E-state index is -0.0741. The van der Waals surface area contributed by atoms with Crippen molar-refractivity contribution >= 4 is 0 Å². The predicted octanol–water partition coefficient (Wildman–Crippen LogP) is 1.49. The van der Waals surface area contributed by atoms with Gasteiger partial charge in [-0.05, 0) is 6.08 Å². The van der Waals surface area contributed by atoms with Gasteiger partial charge in [0.2, 0.25) is 0 Å². The van der Waals surface area contributed by atoms with Gasteiger partial charge in [-0.1, -0.05) is 12.2 Å². The largest absolute Gasteiger partial charge is 0.481 e. The smallest absolute Gasteiger partial charge is 0.281 e. The van der Waals surface area contributed by atoms with Crippen molar-refractivity contribution in [1.82, 2.24) is 0 Å². The molecule has 0 amide bonds. The molecule has 0 unspecified atom stereocenters. The Kier molecular flexibility index (Phi) is 1.37. The molecule has 42 valence electrons. The third-order valence-corrected chi connectivity index (χ3v) is 0.728. The second-order valence-corrected chi connectivity index (χ2v) is 1.34. The van der Waals surface area contributed by atoms with Gasteiger partial charge in [-0.3, -0.25) is 0 Å². The Morgan fingerprint density at radius 3 is 3.00 bits per heavy atom. The Morgan fingerprint density at radius 2 is 2.12 bits per heavy atom. The van der Waals surface area contributed by atoms with Gasteiger partial charge in [0.25, 0.3) is 5.95 Å². The number of aliphatic hydroxyl groups excluding tert-OH is 1. The third-order valence-electron chi connectivity index (χ3n) is 0.728. The number of rotatable bonds is 0. The fourth-order valence-corrected chi connectivity index (χ4v) is 0.396. The molecule has 2 nitrogen and oxygen atoms in total. The summed E-state index contributed by atoms with van der Waals surface area (Å²) in [6, 6.07) is 0. The number of hydrogen-bond donors (Lipinski definition) is 1. The molecule has 1 heterocycles. The van der Waals surface area contributed by atoms with Crippen LogP contribution in [0.5, 0.6) is 0 Å². The van der Waals surface area contributed by atoms with E-state index in [1.54, 1.807) is 18.2 Å². The molecule has 1 aliphatic heterocycles. The molecule has 0 aromatic heterocycles. The van der Waals surface area contributed by atoms with E-state index in [9.17, 15) is 0 Å². The molecule has 0 atom stereocenters. The van der Waals surface area contributed by atoms with Crippen LogP contribution in [0.4, 0.5) is 0 Å². The van der Waals surface area contributed by atoms with Gasteiger partial charge < -0.3 is 9.84 Å². The third kappa shape index (κ3) is 1.15. The minimum absolute atomic E-state index is 0.0741. The maximum Gasteiger partial charge on any atom is 0.281 e. The van der Waals surface area contributed by atoms with Gasteiger partial charge >= 0.3 is 0 Å². The van der Waals surface area contributed by atoms with E-state index in [1.807, 2.05) is 0 Å². The molecule has 0 bridgehead atoms. The van der Waals surface area contributed by atoms with Crippen molar-refractivity contribution in [1.29, 1.82) is 0 Å². The van der Waals surface area contributed by atoms with E-state index in [0.29, 0.717) is 0 Å². The summed E-state index contributed by atoms with van der Waals surface area (Å²) in [5.74, 6) is -0.0741. The fourth-order valence-electron chi connectivity index (χ4n) is 0.396. The first-order chi connectivity index (χ1) is 3.89. The molecule has 1 aliphatic rings. The highest BCUT2D eigenvalue weighted by atomic mass is 16.6.